The molecule has 8 nitrogen and oxygen atoms in total. The monoisotopic (exact) mass is 444 g/mol. The molecular weight excluding hydrogens is 413 g/mol. The molecular formula is C20H31F3N6O2. The van der Waals surface area contributed by atoms with Crippen LogP contribution in [-0.4, -0.2) is 90.2 Å². The van der Waals surface area contributed by atoms with Gasteiger partial charge in [0.1, 0.15) is 0 Å². The highest BCUT2D eigenvalue weighted by Crippen LogP contribution is 2.29. The molecule has 174 valence electrons. The van der Waals surface area contributed by atoms with E-state index in [0.717, 1.165) is 38.2 Å². The fourth-order valence-electron chi connectivity index (χ4n) is 3.96. The summed E-state index contributed by atoms with van der Waals surface area (Å²) in [6, 6.07) is 0.300. The van der Waals surface area contributed by atoms with Gasteiger partial charge in [0.15, 0.2) is 0 Å². The third kappa shape index (κ3) is 6.75. The number of alkyl halides is 3. The summed E-state index contributed by atoms with van der Waals surface area (Å²) in [4.78, 5) is 26.3. The van der Waals surface area contributed by atoms with E-state index in [2.05, 4.69) is 14.9 Å². The van der Waals surface area contributed by atoms with E-state index in [4.69, 9.17) is 10.5 Å². The van der Waals surface area contributed by atoms with Gasteiger partial charge >= 0.3 is 6.18 Å². The molecule has 1 atom stereocenters. The third-order valence-corrected chi connectivity index (χ3v) is 5.67. The van der Waals surface area contributed by atoms with E-state index in [9.17, 15) is 18.0 Å². The quantitative estimate of drug-likeness (QED) is 0.606. The van der Waals surface area contributed by atoms with E-state index >= 15 is 0 Å². The molecule has 0 bridgehead atoms. The summed E-state index contributed by atoms with van der Waals surface area (Å²) in [5.74, 6) is 0.450. The van der Waals surface area contributed by atoms with E-state index in [1.165, 1.54) is 0 Å². The number of anilines is 1. The van der Waals surface area contributed by atoms with E-state index in [0.29, 0.717) is 51.9 Å². The summed E-state index contributed by atoms with van der Waals surface area (Å²) in [7, 11) is 0. The van der Waals surface area contributed by atoms with Crippen LogP contribution in [0.25, 0.3) is 0 Å². The van der Waals surface area contributed by atoms with Gasteiger partial charge in [-0.25, -0.2) is 9.97 Å². The van der Waals surface area contributed by atoms with Crippen molar-refractivity contribution >= 4 is 11.9 Å². The smallest absolute Gasteiger partial charge is 0.380 e. The highest BCUT2D eigenvalue weighted by Gasteiger charge is 2.33. The molecule has 2 fully saturated rings. The molecule has 1 unspecified atom stereocenters. The summed E-state index contributed by atoms with van der Waals surface area (Å²) in [5.41, 5.74) is 4.80. The number of rotatable bonds is 8. The van der Waals surface area contributed by atoms with Crippen molar-refractivity contribution in [2.75, 3.05) is 57.4 Å². The molecule has 1 amide bonds. The van der Waals surface area contributed by atoms with E-state index in [-0.39, 0.29) is 18.0 Å². The summed E-state index contributed by atoms with van der Waals surface area (Å²) in [6.45, 7) is 6.95. The van der Waals surface area contributed by atoms with Gasteiger partial charge in [-0.05, 0) is 26.2 Å². The Morgan fingerprint density at radius 1 is 1.19 bits per heavy atom. The molecule has 2 aliphatic rings. The van der Waals surface area contributed by atoms with E-state index in [1.54, 1.807) is 0 Å². The molecule has 1 aromatic heterocycles. The molecule has 1 aromatic rings. The van der Waals surface area contributed by atoms with Crippen molar-refractivity contribution in [1.82, 2.24) is 19.8 Å². The van der Waals surface area contributed by atoms with Crippen LogP contribution in [0.1, 0.15) is 31.7 Å². The van der Waals surface area contributed by atoms with Crippen molar-refractivity contribution in [3.63, 3.8) is 0 Å². The van der Waals surface area contributed by atoms with Crippen molar-refractivity contribution in [3.8, 4) is 0 Å². The Morgan fingerprint density at radius 3 is 2.45 bits per heavy atom. The molecule has 0 spiro atoms. The van der Waals surface area contributed by atoms with Crippen molar-refractivity contribution in [1.29, 1.82) is 0 Å². The molecule has 2 N–H and O–H groups in total. The second kappa shape index (κ2) is 10.6. The number of amides is 1. The second-order valence-electron chi connectivity index (χ2n) is 8.24. The van der Waals surface area contributed by atoms with Crippen molar-refractivity contribution < 1.29 is 22.7 Å². The summed E-state index contributed by atoms with van der Waals surface area (Å²) < 4.78 is 43.5. The van der Waals surface area contributed by atoms with Crippen LogP contribution in [0.3, 0.4) is 0 Å². The van der Waals surface area contributed by atoms with Crippen molar-refractivity contribution in [3.05, 3.63) is 18.0 Å². The minimum absolute atomic E-state index is 0.0161. The fourth-order valence-corrected chi connectivity index (χ4v) is 3.96. The van der Waals surface area contributed by atoms with E-state index in [1.807, 2.05) is 16.7 Å². The lowest BCUT2D eigenvalue weighted by molar-refractivity contribution is -0.138. The average Bonchev–Trinajstić information content (AvgIpc) is 2.74. The van der Waals surface area contributed by atoms with Gasteiger partial charge in [-0.2, -0.15) is 13.2 Å². The Balaban J connectivity index is 1.40. The van der Waals surface area contributed by atoms with Gasteiger partial charge < -0.3 is 20.3 Å². The number of piperidine rings is 1. The number of aromatic nitrogens is 2. The number of hydrogen-bond donors (Lipinski definition) is 1. The Hall–Kier alpha value is -1.98. The topological polar surface area (TPSA) is 87.8 Å². The predicted octanol–water partition coefficient (Wildman–Crippen LogP) is 1.36. The van der Waals surface area contributed by atoms with Crippen LogP contribution in [0.4, 0.5) is 19.1 Å². The van der Waals surface area contributed by atoms with E-state index < -0.39 is 11.7 Å². The molecule has 3 heterocycles. The van der Waals surface area contributed by atoms with Crippen LogP contribution in [-0.2, 0) is 15.7 Å². The number of ether oxygens (including phenoxy) is 1. The minimum Gasteiger partial charge on any atom is -0.380 e. The zero-order valence-electron chi connectivity index (χ0n) is 17.9. The minimum atomic E-state index is -4.43. The lowest BCUT2D eigenvalue weighted by Gasteiger charge is -2.42. The Bertz CT molecular complexity index is 708. The zero-order chi connectivity index (χ0) is 22.4. The number of halogens is 3. The predicted molar refractivity (Wildman–Crippen MR) is 110 cm³/mol. The fraction of sp³-hybridized carbons (Fsp3) is 0.750. The first-order valence-electron chi connectivity index (χ1n) is 10.7. The molecule has 0 aliphatic carbocycles. The normalized spacial score (nSPS) is 20.4. The van der Waals surface area contributed by atoms with Gasteiger partial charge in [-0.3, -0.25) is 9.69 Å². The number of carbonyl (C=O) groups is 1. The zero-order valence-corrected chi connectivity index (χ0v) is 17.9. The van der Waals surface area contributed by atoms with Gasteiger partial charge in [-0.1, -0.05) is 0 Å². The Labute approximate surface area is 180 Å². The maximum atomic E-state index is 12.7. The number of carbonyl (C=O) groups excluding carboxylic acids is 1. The first-order chi connectivity index (χ1) is 14.7. The van der Waals surface area contributed by atoms with Gasteiger partial charge in [-0.15, -0.1) is 0 Å². The number of nitrogens with zero attached hydrogens (tertiary/aromatic N) is 5. The summed E-state index contributed by atoms with van der Waals surface area (Å²) in [6.07, 6.45) is -0.340. The van der Waals surface area contributed by atoms with Crippen LogP contribution in [0.5, 0.6) is 0 Å². The van der Waals surface area contributed by atoms with Crippen molar-refractivity contribution in [2.24, 2.45) is 5.73 Å². The lowest BCUT2D eigenvalue weighted by Crippen LogP contribution is -2.56. The summed E-state index contributed by atoms with van der Waals surface area (Å²) in [5, 5.41) is 0. The molecule has 2 aliphatic heterocycles. The van der Waals surface area contributed by atoms with Crippen LogP contribution in [0, 0.1) is 0 Å². The van der Waals surface area contributed by atoms with Gasteiger partial charge in [0.25, 0.3) is 0 Å². The highest BCUT2D eigenvalue weighted by atomic mass is 19.4. The molecule has 3 rings (SSSR count). The molecule has 0 radical (unpaired) electrons. The van der Waals surface area contributed by atoms with Gasteiger partial charge in [0.2, 0.25) is 11.9 Å². The average molecular weight is 445 g/mol. The molecule has 31 heavy (non-hydrogen) atoms. The molecule has 11 heteroatoms. The second-order valence-corrected chi connectivity index (χ2v) is 8.24. The SMILES string of the molecule is CC(N)COCCCN1CCN(C2CCN(c3ncc(C(F)(F)F)cn3)CC2)CC1=O. The van der Waals surface area contributed by atoms with Crippen LogP contribution >= 0.6 is 0 Å². The highest BCUT2D eigenvalue weighted by molar-refractivity contribution is 5.79. The Morgan fingerprint density at radius 2 is 1.87 bits per heavy atom. The van der Waals surface area contributed by atoms with Crippen LogP contribution < -0.4 is 10.6 Å². The standard InChI is InChI=1S/C20H31F3N6O2/c1-15(24)14-31-10-2-5-27-8-9-29(13-18(27)30)17-3-6-28(7-4-17)19-25-11-16(12-26-19)20(21,22)23/h11-12,15,17H,2-10,13-14,24H2,1H3. The first kappa shape index (κ1) is 23.7. The first-order valence-corrected chi connectivity index (χ1v) is 10.7. The number of piperazine rings is 1. The van der Waals surface area contributed by atoms with Gasteiger partial charge in [0, 0.05) is 63.8 Å². The summed E-state index contributed by atoms with van der Waals surface area (Å²) >= 11 is 0. The largest absolute Gasteiger partial charge is 0.419 e. The number of hydrogen-bond acceptors (Lipinski definition) is 7. The Kier molecular flexibility index (Phi) is 8.06. The molecule has 2 saturated heterocycles. The maximum absolute atomic E-state index is 12.7. The number of nitrogens with two attached hydrogens (primary N) is 1. The molecule has 0 aromatic carbocycles. The van der Waals surface area contributed by atoms with Crippen LogP contribution in [0.2, 0.25) is 0 Å². The van der Waals surface area contributed by atoms with Crippen molar-refractivity contribution in [2.45, 2.75) is 44.4 Å². The maximum Gasteiger partial charge on any atom is 0.419 e. The van der Waals surface area contributed by atoms with Crippen LogP contribution in [0.15, 0.2) is 12.4 Å². The van der Waals surface area contributed by atoms with Gasteiger partial charge in [0.05, 0.1) is 18.7 Å². The molecule has 0 saturated carbocycles. The lowest BCUT2D eigenvalue weighted by atomic mass is 10.0. The third-order valence-electron chi connectivity index (χ3n) is 5.67.